The van der Waals surface area contributed by atoms with E-state index >= 15 is 0 Å². The van der Waals surface area contributed by atoms with Crippen LogP contribution in [0.5, 0.6) is 0 Å². The van der Waals surface area contributed by atoms with Gasteiger partial charge in [-0.25, -0.2) is 4.99 Å². The summed E-state index contributed by atoms with van der Waals surface area (Å²) in [6.07, 6.45) is 7.77. The van der Waals surface area contributed by atoms with Crippen LogP contribution in [0.4, 0.5) is 0 Å². The van der Waals surface area contributed by atoms with Gasteiger partial charge in [-0.15, -0.1) is 34.2 Å². The van der Waals surface area contributed by atoms with Gasteiger partial charge < -0.3 is 14.8 Å². The summed E-state index contributed by atoms with van der Waals surface area (Å²) in [5.74, 6) is 2.93. The molecule has 2 fully saturated rings. The van der Waals surface area contributed by atoms with Crippen LogP contribution >= 0.6 is 24.0 Å². The summed E-state index contributed by atoms with van der Waals surface area (Å²) < 4.78 is 2.03. The predicted octanol–water partition coefficient (Wildman–Crippen LogP) is 2.94. The van der Waals surface area contributed by atoms with Crippen LogP contribution in [0.25, 0.3) is 0 Å². The average Bonchev–Trinajstić information content (AvgIpc) is 3.29. The number of aliphatic imine (C=N–C) groups is 1. The highest BCUT2D eigenvalue weighted by Gasteiger charge is 2.29. The molecule has 7 nitrogen and oxygen atoms in total. The second kappa shape index (κ2) is 11.3. The third kappa shape index (κ3) is 5.81. The molecule has 3 rings (SSSR count). The molecule has 1 saturated heterocycles. The molecule has 0 spiro atoms. The van der Waals surface area contributed by atoms with E-state index in [4.69, 9.17) is 4.99 Å². The Morgan fingerprint density at radius 3 is 2.46 bits per heavy atom. The first-order chi connectivity index (χ1) is 13.1. The van der Waals surface area contributed by atoms with Crippen molar-refractivity contribution in [3.05, 3.63) is 11.6 Å². The Kier molecular flexibility index (Phi) is 9.46. The Labute approximate surface area is 187 Å². The maximum atomic E-state index is 4.98. The number of nitrogens with one attached hydrogen (secondary N) is 1. The topological polar surface area (TPSA) is 61.6 Å². The molecule has 0 aromatic carbocycles. The van der Waals surface area contributed by atoms with Crippen molar-refractivity contribution in [2.24, 2.45) is 12.0 Å². The molecule has 1 aromatic heterocycles. The Hall–Kier alpha value is -0.900. The van der Waals surface area contributed by atoms with Gasteiger partial charge in [0, 0.05) is 32.2 Å². The second-order valence-electron chi connectivity index (χ2n) is 7.95. The van der Waals surface area contributed by atoms with Crippen LogP contribution in [-0.2, 0) is 13.6 Å². The summed E-state index contributed by atoms with van der Waals surface area (Å²) >= 11 is 0. The minimum Gasteiger partial charge on any atom is -0.353 e. The van der Waals surface area contributed by atoms with Gasteiger partial charge in [-0.3, -0.25) is 4.90 Å². The molecule has 28 heavy (non-hydrogen) atoms. The van der Waals surface area contributed by atoms with Crippen LogP contribution in [0.15, 0.2) is 4.99 Å². The van der Waals surface area contributed by atoms with E-state index in [1.54, 1.807) is 0 Å². The van der Waals surface area contributed by atoms with E-state index in [9.17, 15) is 0 Å². The van der Waals surface area contributed by atoms with Gasteiger partial charge in [-0.1, -0.05) is 33.1 Å². The van der Waals surface area contributed by atoms with Crippen molar-refractivity contribution in [2.45, 2.75) is 77.9 Å². The first-order valence-corrected chi connectivity index (χ1v) is 10.8. The lowest BCUT2D eigenvalue weighted by molar-refractivity contribution is 0.223. The number of aromatic nitrogens is 3. The van der Waals surface area contributed by atoms with E-state index in [0.29, 0.717) is 18.6 Å². The monoisotopic (exact) mass is 503 g/mol. The minimum atomic E-state index is 0. The number of rotatable bonds is 6. The molecule has 1 saturated carbocycles. The first kappa shape index (κ1) is 23.4. The largest absolute Gasteiger partial charge is 0.353 e. The average molecular weight is 503 g/mol. The fourth-order valence-electron chi connectivity index (χ4n) is 4.37. The summed E-state index contributed by atoms with van der Waals surface area (Å²) in [6, 6.07) is 1.20. The van der Waals surface area contributed by atoms with Crippen LogP contribution in [0.2, 0.25) is 0 Å². The Morgan fingerprint density at radius 1 is 1.14 bits per heavy atom. The molecule has 1 atom stereocenters. The summed E-state index contributed by atoms with van der Waals surface area (Å²) in [5, 5.41) is 12.2. The van der Waals surface area contributed by atoms with E-state index < -0.39 is 0 Å². The fourth-order valence-corrected chi connectivity index (χ4v) is 4.37. The number of aryl methyl sites for hydroxylation is 1. The quantitative estimate of drug-likeness (QED) is 0.368. The van der Waals surface area contributed by atoms with Crippen molar-refractivity contribution in [1.82, 2.24) is 29.9 Å². The maximum absolute atomic E-state index is 4.98. The summed E-state index contributed by atoms with van der Waals surface area (Å²) in [6.45, 7) is 11.5. The normalized spacial score (nSPS) is 21.2. The van der Waals surface area contributed by atoms with Gasteiger partial charge in [0.2, 0.25) is 0 Å². The van der Waals surface area contributed by atoms with Gasteiger partial charge in [0.25, 0.3) is 0 Å². The zero-order valence-electron chi connectivity index (χ0n) is 18.0. The molecule has 8 heteroatoms. The maximum Gasteiger partial charge on any atom is 0.194 e. The van der Waals surface area contributed by atoms with Crippen LogP contribution in [-0.4, -0.2) is 68.8 Å². The highest BCUT2D eigenvalue weighted by Crippen LogP contribution is 2.20. The van der Waals surface area contributed by atoms with E-state index in [1.165, 1.54) is 38.5 Å². The Morgan fingerprint density at radius 2 is 1.86 bits per heavy atom. The molecule has 1 aliphatic carbocycles. The van der Waals surface area contributed by atoms with Crippen molar-refractivity contribution in [3.8, 4) is 0 Å². The summed E-state index contributed by atoms with van der Waals surface area (Å²) in [4.78, 5) is 10.0. The van der Waals surface area contributed by atoms with Gasteiger partial charge in [0.15, 0.2) is 11.8 Å². The van der Waals surface area contributed by atoms with Crippen molar-refractivity contribution < 1.29 is 0 Å². The molecule has 0 bridgehead atoms. The van der Waals surface area contributed by atoms with Crippen molar-refractivity contribution in [3.63, 3.8) is 0 Å². The number of hydrogen-bond acceptors (Lipinski definition) is 4. The van der Waals surface area contributed by atoms with Gasteiger partial charge in [-0.2, -0.15) is 0 Å². The van der Waals surface area contributed by atoms with Crippen LogP contribution in [0.1, 0.15) is 64.0 Å². The molecular formula is C20H38IN7. The lowest BCUT2D eigenvalue weighted by Gasteiger charge is -2.30. The molecule has 1 aromatic rings. The van der Waals surface area contributed by atoms with Crippen LogP contribution in [0, 0.1) is 6.92 Å². The molecular weight excluding hydrogens is 465 g/mol. The summed E-state index contributed by atoms with van der Waals surface area (Å²) in [7, 11) is 2.01. The third-order valence-corrected chi connectivity index (χ3v) is 6.28. The molecule has 0 radical (unpaired) electrons. The van der Waals surface area contributed by atoms with E-state index in [-0.39, 0.29) is 24.0 Å². The number of likely N-dealkylation sites (N-methyl/N-ethyl adjacent to an activating group) is 1. The molecule has 2 heterocycles. The molecule has 1 N–H and O–H groups in total. The van der Waals surface area contributed by atoms with Crippen molar-refractivity contribution in [2.75, 3.05) is 26.2 Å². The van der Waals surface area contributed by atoms with Crippen molar-refractivity contribution >= 4 is 29.9 Å². The second-order valence-corrected chi connectivity index (χ2v) is 7.95. The predicted molar refractivity (Wildman–Crippen MR) is 125 cm³/mol. The number of halogens is 1. The van der Waals surface area contributed by atoms with E-state index in [1.807, 2.05) is 18.5 Å². The standard InChI is InChI=1S/C20H37N7.HI/c1-5-26(6-2)18-12-13-27(15-18)20(22-17-10-8-7-9-11-17)21-14-19-24-23-16(3)25(19)4;/h17-18H,5-15H2,1-4H3,(H,21,22);1H. The Balaban J connectivity index is 0.00000280. The lowest BCUT2D eigenvalue weighted by atomic mass is 9.96. The number of likely N-dealkylation sites (tertiary alicyclic amines) is 1. The number of guanidine groups is 1. The smallest absolute Gasteiger partial charge is 0.194 e. The molecule has 1 unspecified atom stereocenters. The van der Waals surface area contributed by atoms with Crippen LogP contribution < -0.4 is 5.32 Å². The lowest BCUT2D eigenvalue weighted by Crippen LogP contribution is -2.47. The SMILES string of the molecule is CCN(CC)C1CCN(C(=NCc2nnc(C)n2C)NC2CCCCC2)C1.I. The van der Waals surface area contributed by atoms with Gasteiger partial charge >= 0.3 is 0 Å². The minimum absolute atomic E-state index is 0. The van der Waals surface area contributed by atoms with E-state index in [0.717, 1.165) is 43.8 Å². The van der Waals surface area contributed by atoms with Gasteiger partial charge in [0.1, 0.15) is 12.4 Å². The van der Waals surface area contributed by atoms with Gasteiger partial charge in [0.05, 0.1) is 0 Å². The molecule has 160 valence electrons. The van der Waals surface area contributed by atoms with Crippen LogP contribution in [0.3, 0.4) is 0 Å². The molecule has 0 amide bonds. The summed E-state index contributed by atoms with van der Waals surface area (Å²) in [5.41, 5.74) is 0. The number of hydrogen-bond donors (Lipinski definition) is 1. The molecule has 1 aliphatic heterocycles. The number of nitrogens with zero attached hydrogens (tertiary/aromatic N) is 6. The molecule has 2 aliphatic rings. The third-order valence-electron chi connectivity index (χ3n) is 6.28. The fraction of sp³-hybridized carbons (Fsp3) is 0.850. The zero-order chi connectivity index (χ0) is 19.2. The van der Waals surface area contributed by atoms with Gasteiger partial charge in [-0.05, 0) is 39.3 Å². The highest BCUT2D eigenvalue weighted by molar-refractivity contribution is 14.0. The van der Waals surface area contributed by atoms with E-state index in [2.05, 4.69) is 39.2 Å². The van der Waals surface area contributed by atoms with Crippen molar-refractivity contribution in [1.29, 1.82) is 0 Å². The highest BCUT2D eigenvalue weighted by atomic mass is 127. The first-order valence-electron chi connectivity index (χ1n) is 10.8. The zero-order valence-corrected chi connectivity index (χ0v) is 20.4. The Bertz CT molecular complexity index is 620.